The average Bonchev–Trinajstić information content (AvgIpc) is 3.03. The fraction of sp³-hybridized carbons (Fsp3) is 0.333. The molecule has 1 aliphatic heterocycles. The van der Waals surface area contributed by atoms with Crippen LogP contribution in [-0.4, -0.2) is 26.9 Å². The van der Waals surface area contributed by atoms with E-state index in [0.717, 1.165) is 5.56 Å². The van der Waals surface area contributed by atoms with Crippen molar-refractivity contribution in [2.45, 2.75) is 31.3 Å². The molecule has 0 fully saturated rings. The van der Waals surface area contributed by atoms with Crippen LogP contribution >= 0.6 is 0 Å². The van der Waals surface area contributed by atoms with Crippen LogP contribution in [0.15, 0.2) is 41.3 Å². The number of hydrogen-bond donors (Lipinski definition) is 2. The van der Waals surface area contributed by atoms with Gasteiger partial charge in [0.05, 0.1) is 4.90 Å². The third-order valence-electron chi connectivity index (χ3n) is 4.23. The molecule has 0 radical (unpaired) electrons. The first-order chi connectivity index (χ1) is 11.7. The Labute approximate surface area is 147 Å². The maximum atomic E-state index is 12.6. The normalized spacial score (nSPS) is 15.8. The number of sulfonamides is 1. The Kier molecular flexibility index (Phi) is 4.49. The van der Waals surface area contributed by atoms with Gasteiger partial charge < -0.3 is 14.6 Å². The van der Waals surface area contributed by atoms with Crippen LogP contribution in [0.5, 0.6) is 11.5 Å². The molecule has 0 saturated heterocycles. The van der Waals surface area contributed by atoms with Gasteiger partial charge in [-0.2, -0.15) is 0 Å². The minimum atomic E-state index is -3.73. The lowest BCUT2D eigenvalue weighted by atomic mass is 9.96. The summed E-state index contributed by atoms with van der Waals surface area (Å²) in [4.78, 5) is 0.217. The zero-order valence-corrected chi connectivity index (χ0v) is 15.2. The van der Waals surface area contributed by atoms with E-state index in [-0.39, 0.29) is 18.2 Å². The zero-order chi connectivity index (χ0) is 18.2. The number of hydrogen-bond acceptors (Lipinski definition) is 5. The quantitative estimate of drug-likeness (QED) is 0.851. The Balaban J connectivity index is 1.80. The molecule has 0 bridgehead atoms. The molecule has 1 aliphatic rings. The van der Waals surface area contributed by atoms with Gasteiger partial charge in [-0.15, -0.1) is 0 Å². The van der Waals surface area contributed by atoms with Crippen LogP contribution in [0.1, 0.15) is 23.6 Å². The van der Waals surface area contributed by atoms with Gasteiger partial charge in [0.15, 0.2) is 11.5 Å². The zero-order valence-electron chi connectivity index (χ0n) is 14.4. The van der Waals surface area contributed by atoms with Crippen molar-refractivity contribution < 1.29 is 23.0 Å². The predicted octanol–water partition coefficient (Wildman–Crippen LogP) is 2.22. The number of aryl methyl sites for hydroxylation is 2. The summed E-state index contributed by atoms with van der Waals surface area (Å²) in [5, 5.41) is 10.7. The number of fused-ring (bicyclic) bond motifs is 1. The first-order valence-electron chi connectivity index (χ1n) is 7.88. The highest BCUT2D eigenvalue weighted by Gasteiger charge is 2.28. The number of ether oxygens (including phenoxy) is 2. The first kappa shape index (κ1) is 17.7. The molecule has 2 N–H and O–H groups in total. The third kappa shape index (κ3) is 3.63. The fourth-order valence-corrected chi connectivity index (χ4v) is 4.10. The highest BCUT2D eigenvalue weighted by atomic mass is 32.2. The summed E-state index contributed by atoms with van der Waals surface area (Å²) in [5.74, 6) is 1.14. The van der Waals surface area contributed by atoms with Gasteiger partial charge in [0, 0.05) is 6.54 Å². The topological polar surface area (TPSA) is 84.9 Å². The Morgan fingerprint density at radius 1 is 1.12 bits per heavy atom. The van der Waals surface area contributed by atoms with Gasteiger partial charge >= 0.3 is 0 Å². The highest BCUT2D eigenvalue weighted by Crippen LogP contribution is 2.35. The van der Waals surface area contributed by atoms with E-state index in [0.29, 0.717) is 22.6 Å². The van der Waals surface area contributed by atoms with Crippen LogP contribution in [0, 0.1) is 13.8 Å². The van der Waals surface area contributed by atoms with Crippen molar-refractivity contribution in [1.82, 2.24) is 4.72 Å². The maximum absolute atomic E-state index is 12.6. The van der Waals surface area contributed by atoms with Crippen molar-refractivity contribution in [1.29, 1.82) is 0 Å². The van der Waals surface area contributed by atoms with E-state index in [9.17, 15) is 13.5 Å². The van der Waals surface area contributed by atoms with Gasteiger partial charge in [0.1, 0.15) is 5.60 Å². The number of nitrogens with one attached hydrogen (secondary N) is 1. The number of benzene rings is 2. The van der Waals surface area contributed by atoms with Gasteiger partial charge in [-0.25, -0.2) is 13.1 Å². The predicted molar refractivity (Wildman–Crippen MR) is 93.2 cm³/mol. The van der Waals surface area contributed by atoms with Gasteiger partial charge in [-0.1, -0.05) is 18.2 Å². The highest BCUT2D eigenvalue weighted by molar-refractivity contribution is 7.89. The van der Waals surface area contributed by atoms with E-state index in [4.69, 9.17) is 9.47 Å². The molecule has 3 rings (SSSR count). The summed E-state index contributed by atoms with van der Waals surface area (Å²) in [6.07, 6.45) is 0. The summed E-state index contributed by atoms with van der Waals surface area (Å²) >= 11 is 0. The molecule has 0 aromatic heterocycles. The van der Waals surface area contributed by atoms with E-state index in [1.807, 2.05) is 13.0 Å². The minimum Gasteiger partial charge on any atom is -0.454 e. The molecule has 2 aromatic rings. The van der Waals surface area contributed by atoms with Crippen LogP contribution in [0.25, 0.3) is 0 Å². The molecule has 134 valence electrons. The second-order valence-corrected chi connectivity index (χ2v) is 8.17. The largest absolute Gasteiger partial charge is 0.454 e. The first-order valence-corrected chi connectivity index (χ1v) is 9.37. The molecule has 2 aromatic carbocycles. The average molecular weight is 363 g/mol. The molecular weight excluding hydrogens is 342 g/mol. The number of aliphatic hydroxyl groups is 1. The van der Waals surface area contributed by atoms with Crippen molar-refractivity contribution in [2.24, 2.45) is 0 Å². The summed E-state index contributed by atoms with van der Waals surface area (Å²) in [7, 11) is -3.73. The Hall–Kier alpha value is -2.09. The van der Waals surface area contributed by atoms with Crippen molar-refractivity contribution in [3.63, 3.8) is 0 Å². The molecule has 0 aliphatic carbocycles. The minimum absolute atomic E-state index is 0.139. The Bertz CT molecular complexity index is 906. The molecule has 6 nitrogen and oxygen atoms in total. The van der Waals surface area contributed by atoms with Gasteiger partial charge in [-0.05, 0) is 55.7 Å². The molecule has 7 heteroatoms. The van der Waals surface area contributed by atoms with Crippen LogP contribution in [0.4, 0.5) is 0 Å². The summed E-state index contributed by atoms with van der Waals surface area (Å²) in [5.41, 5.74) is 0.654. The van der Waals surface area contributed by atoms with E-state index in [2.05, 4.69) is 4.72 Å². The summed E-state index contributed by atoms with van der Waals surface area (Å²) in [6, 6.07) is 10.3. The van der Waals surface area contributed by atoms with E-state index < -0.39 is 15.6 Å². The van der Waals surface area contributed by atoms with Crippen LogP contribution in [-0.2, 0) is 15.6 Å². The molecule has 1 atom stereocenters. The fourth-order valence-electron chi connectivity index (χ4n) is 2.64. The van der Waals surface area contributed by atoms with Crippen LogP contribution < -0.4 is 14.2 Å². The third-order valence-corrected chi connectivity index (χ3v) is 5.78. The van der Waals surface area contributed by atoms with Crippen molar-refractivity contribution in [3.8, 4) is 11.5 Å². The lowest BCUT2D eigenvalue weighted by molar-refractivity contribution is 0.0625. The van der Waals surface area contributed by atoms with Crippen LogP contribution in [0.2, 0.25) is 0 Å². The second kappa shape index (κ2) is 6.33. The van der Waals surface area contributed by atoms with Gasteiger partial charge in [-0.3, -0.25) is 0 Å². The second-order valence-electron chi connectivity index (χ2n) is 6.44. The molecule has 0 saturated carbocycles. The standard InChI is InChI=1S/C18H21NO5S/c1-12-4-5-13(2)17(8-12)25(21,22)19-10-18(3,20)14-6-7-15-16(9-14)24-11-23-15/h4-9,19-20H,10-11H2,1-3H3. The Morgan fingerprint density at radius 2 is 1.84 bits per heavy atom. The van der Waals surface area contributed by atoms with E-state index >= 15 is 0 Å². The SMILES string of the molecule is Cc1ccc(C)c(S(=O)(=O)NCC(C)(O)c2ccc3c(c2)OCO3)c1. The molecule has 1 unspecified atom stereocenters. The molecular formula is C18H21NO5S. The molecule has 0 amide bonds. The Morgan fingerprint density at radius 3 is 2.60 bits per heavy atom. The van der Waals surface area contributed by atoms with E-state index in [1.165, 1.54) is 0 Å². The van der Waals surface area contributed by atoms with E-state index in [1.54, 1.807) is 44.2 Å². The lowest BCUT2D eigenvalue weighted by Crippen LogP contribution is -2.38. The van der Waals surface area contributed by atoms with Crippen molar-refractivity contribution >= 4 is 10.0 Å². The maximum Gasteiger partial charge on any atom is 0.240 e. The van der Waals surface area contributed by atoms with Gasteiger partial charge in [0.25, 0.3) is 0 Å². The van der Waals surface area contributed by atoms with Crippen LogP contribution in [0.3, 0.4) is 0 Å². The monoisotopic (exact) mass is 363 g/mol. The summed E-state index contributed by atoms with van der Waals surface area (Å²) in [6.45, 7) is 5.10. The van der Waals surface area contributed by atoms with Gasteiger partial charge in [0.2, 0.25) is 16.8 Å². The summed E-state index contributed by atoms with van der Waals surface area (Å²) < 4.78 is 38.3. The lowest BCUT2D eigenvalue weighted by Gasteiger charge is -2.24. The smallest absolute Gasteiger partial charge is 0.240 e. The molecule has 25 heavy (non-hydrogen) atoms. The molecule has 1 heterocycles. The van der Waals surface area contributed by atoms with Crippen molar-refractivity contribution in [2.75, 3.05) is 13.3 Å². The molecule has 0 spiro atoms. The number of rotatable bonds is 5. The van der Waals surface area contributed by atoms with Crippen molar-refractivity contribution in [3.05, 3.63) is 53.1 Å².